The van der Waals surface area contributed by atoms with Gasteiger partial charge in [0.25, 0.3) is 11.8 Å². The number of rotatable bonds is 9. The number of carbonyl (C=O) groups excluding carboxylic acids is 2. The van der Waals surface area contributed by atoms with E-state index in [0.717, 1.165) is 0 Å². The van der Waals surface area contributed by atoms with Gasteiger partial charge < -0.3 is 14.8 Å². The van der Waals surface area contributed by atoms with Crippen LogP contribution in [0.1, 0.15) is 22.8 Å². The molecule has 7 nitrogen and oxygen atoms in total. The van der Waals surface area contributed by atoms with E-state index in [0.29, 0.717) is 38.7 Å². The molecule has 176 valence electrons. The number of ether oxygens (including phenoxy) is 2. The Bertz CT molecular complexity index is 1210. The maximum absolute atomic E-state index is 13.7. The van der Waals surface area contributed by atoms with Crippen LogP contribution in [0.3, 0.4) is 0 Å². The van der Waals surface area contributed by atoms with Crippen molar-refractivity contribution in [2.24, 2.45) is 5.10 Å². The number of nitrogens with zero attached hydrogens (tertiary/aromatic N) is 1. The van der Waals surface area contributed by atoms with Crippen LogP contribution in [0.5, 0.6) is 11.5 Å². The first kappa shape index (κ1) is 25.2. The molecule has 0 aliphatic carbocycles. The monoisotopic (exact) mass is 547 g/mol. The first-order chi connectivity index (χ1) is 16.4. The van der Waals surface area contributed by atoms with Crippen molar-refractivity contribution in [3.8, 4) is 11.5 Å². The minimum atomic E-state index is -0.543. The molecular formula is C24H20BrClFN3O4. The van der Waals surface area contributed by atoms with Crippen molar-refractivity contribution in [1.29, 1.82) is 0 Å². The summed E-state index contributed by atoms with van der Waals surface area (Å²) in [5, 5.41) is 6.95. The standard InChI is InChI=1S/C24H20BrClFN3O4/c1-2-33-21-12-15(13-28-30-24(32)16-7-9-17(26)10-8-16)11-18(25)23(21)34-14-22(31)29-20-6-4-3-5-19(20)27/h3-13H,2,14H2,1H3,(H,29,31)(H,30,32)/b28-13+. The van der Waals surface area contributed by atoms with Crippen LogP contribution in [-0.4, -0.2) is 31.2 Å². The lowest BCUT2D eigenvalue weighted by atomic mass is 10.2. The van der Waals surface area contributed by atoms with Crippen LogP contribution in [0.15, 0.2) is 70.2 Å². The lowest BCUT2D eigenvalue weighted by Gasteiger charge is -2.14. The van der Waals surface area contributed by atoms with E-state index in [2.05, 4.69) is 31.8 Å². The molecule has 0 saturated carbocycles. The quantitative estimate of drug-likeness (QED) is 0.276. The first-order valence-corrected chi connectivity index (χ1v) is 11.3. The van der Waals surface area contributed by atoms with Gasteiger partial charge in [-0.1, -0.05) is 23.7 Å². The molecule has 0 unspecified atom stereocenters. The number of carbonyl (C=O) groups is 2. The van der Waals surface area contributed by atoms with Gasteiger partial charge in [0.15, 0.2) is 18.1 Å². The number of halogens is 3. The predicted molar refractivity (Wildman–Crippen MR) is 132 cm³/mol. The van der Waals surface area contributed by atoms with E-state index in [4.69, 9.17) is 21.1 Å². The van der Waals surface area contributed by atoms with E-state index >= 15 is 0 Å². The molecule has 3 rings (SSSR count). The Balaban J connectivity index is 1.66. The zero-order valence-electron chi connectivity index (χ0n) is 18.0. The minimum Gasteiger partial charge on any atom is -0.490 e. The maximum atomic E-state index is 13.7. The minimum absolute atomic E-state index is 0.0624. The highest BCUT2D eigenvalue weighted by Crippen LogP contribution is 2.36. The number of anilines is 1. The van der Waals surface area contributed by atoms with Gasteiger partial charge in [-0.05, 0) is 76.9 Å². The van der Waals surface area contributed by atoms with Crippen LogP contribution in [0.2, 0.25) is 5.02 Å². The molecule has 0 saturated heterocycles. The van der Waals surface area contributed by atoms with E-state index < -0.39 is 17.6 Å². The summed E-state index contributed by atoms with van der Waals surface area (Å²) in [6, 6.07) is 15.6. The van der Waals surface area contributed by atoms with Gasteiger partial charge in [0.2, 0.25) is 0 Å². The number of para-hydroxylation sites is 1. The van der Waals surface area contributed by atoms with Gasteiger partial charge in [-0.25, -0.2) is 9.82 Å². The van der Waals surface area contributed by atoms with E-state index in [-0.39, 0.29) is 12.3 Å². The normalized spacial score (nSPS) is 10.7. The molecule has 34 heavy (non-hydrogen) atoms. The highest BCUT2D eigenvalue weighted by atomic mass is 79.9. The third-order valence-electron chi connectivity index (χ3n) is 4.31. The Morgan fingerprint density at radius 1 is 1.12 bits per heavy atom. The second kappa shape index (κ2) is 12.2. The van der Waals surface area contributed by atoms with Crippen molar-refractivity contribution < 1.29 is 23.5 Å². The van der Waals surface area contributed by atoms with Crippen molar-refractivity contribution in [3.05, 3.63) is 87.1 Å². The molecule has 0 heterocycles. The smallest absolute Gasteiger partial charge is 0.271 e. The zero-order chi connectivity index (χ0) is 24.5. The van der Waals surface area contributed by atoms with E-state index in [1.54, 1.807) is 49.4 Å². The average Bonchev–Trinajstić information content (AvgIpc) is 2.80. The number of nitrogens with one attached hydrogen (secondary N) is 2. The van der Waals surface area contributed by atoms with E-state index in [9.17, 15) is 14.0 Å². The second-order valence-electron chi connectivity index (χ2n) is 6.79. The summed E-state index contributed by atoms with van der Waals surface area (Å²) >= 11 is 9.23. The Labute approximate surface area is 209 Å². The topological polar surface area (TPSA) is 89.0 Å². The van der Waals surface area contributed by atoms with Crippen LogP contribution in [0, 0.1) is 5.82 Å². The summed E-state index contributed by atoms with van der Waals surface area (Å²) in [5.41, 5.74) is 3.52. The molecular weight excluding hydrogens is 529 g/mol. The Morgan fingerprint density at radius 3 is 2.56 bits per heavy atom. The maximum Gasteiger partial charge on any atom is 0.271 e. The molecule has 0 spiro atoms. The van der Waals surface area contributed by atoms with Gasteiger partial charge in [-0.15, -0.1) is 0 Å². The molecule has 0 atom stereocenters. The van der Waals surface area contributed by atoms with Crippen LogP contribution >= 0.6 is 27.5 Å². The molecule has 10 heteroatoms. The van der Waals surface area contributed by atoms with Gasteiger partial charge >= 0.3 is 0 Å². The number of hydrogen-bond donors (Lipinski definition) is 2. The van der Waals surface area contributed by atoms with Gasteiger partial charge in [-0.2, -0.15) is 5.10 Å². The number of hydrazone groups is 1. The molecule has 0 bridgehead atoms. The van der Waals surface area contributed by atoms with Gasteiger partial charge in [0, 0.05) is 10.6 Å². The zero-order valence-corrected chi connectivity index (χ0v) is 20.3. The third kappa shape index (κ3) is 7.03. The summed E-state index contributed by atoms with van der Waals surface area (Å²) in [4.78, 5) is 24.4. The molecule has 0 aliphatic heterocycles. The van der Waals surface area contributed by atoms with Crippen molar-refractivity contribution in [3.63, 3.8) is 0 Å². The fourth-order valence-electron chi connectivity index (χ4n) is 2.78. The van der Waals surface area contributed by atoms with Crippen molar-refractivity contribution in [2.45, 2.75) is 6.92 Å². The van der Waals surface area contributed by atoms with Crippen molar-refractivity contribution in [1.82, 2.24) is 5.43 Å². The Kier molecular flexibility index (Phi) is 9.00. The van der Waals surface area contributed by atoms with Crippen molar-refractivity contribution >= 4 is 51.2 Å². The third-order valence-corrected chi connectivity index (χ3v) is 5.15. The Morgan fingerprint density at radius 2 is 1.85 bits per heavy atom. The highest BCUT2D eigenvalue weighted by molar-refractivity contribution is 9.10. The number of amides is 2. The van der Waals surface area contributed by atoms with Crippen LogP contribution in [0.4, 0.5) is 10.1 Å². The van der Waals surface area contributed by atoms with Gasteiger partial charge in [0.05, 0.1) is 23.0 Å². The fraction of sp³-hybridized carbons (Fsp3) is 0.125. The summed E-state index contributed by atoms with van der Waals surface area (Å²) < 4.78 is 25.5. The molecule has 0 aromatic heterocycles. The summed E-state index contributed by atoms with van der Waals surface area (Å²) in [7, 11) is 0. The van der Waals surface area contributed by atoms with Gasteiger partial charge in [-0.3, -0.25) is 9.59 Å². The van der Waals surface area contributed by atoms with E-state index in [1.165, 1.54) is 24.4 Å². The molecule has 0 aliphatic rings. The number of benzene rings is 3. The highest BCUT2D eigenvalue weighted by Gasteiger charge is 2.15. The summed E-state index contributed by atoms with van der Waals surface area (Å²) in [5.74, 6) is -0.805. The molecule has 2 N–H and O–H groups in total. The number of hydrogen-bond acceptors (Lipinski definition) is 5. The van der Waals surface area contributed by atoms with Crippen LogP contribution in [-0.2, 0) is 4.79 Å². The Hall–Kier alpha value is -3.43. The molecule has 0 fully saturated rings. The first-order valence-electron chi connectivity index (χ1n) is 10.1. The summed E-state index contributed by atoms with van der Waals surface area (Å²) in [6.07, 6.45) is 1.44. The lowest BCUT2D eigenvalue weighted by Crippen LogP contribution is -2.21. The predicted octanol–water partition coefficient (Wildman–Crippen LogP) is 5.42. The van der Waals surface area contributed by atoms with Gasteiger partial charge in [0.1, 0.15) is 5.82 Å². The van der Waals surface area contributed by atoms with E-state index in [1.807, 2.05) is 0 Å². The molecule has 2 amide bonds. The van der Waals surface area contributed by atoms with Crippen LogP contribution < -0.4 is 20.2 Å². The lowest BCUT2D eigenvalue weighted by molar-refractivity contribution is -0.118. The molecule has 0 radical (unpaired) electrons. The van der Waals surface area contributed by atoms with Crippen LogP contribution in [0.25, 0.3) is 0 Å². The average molecular weight is 549 g/mol. The van der Waals surface area contributed by atoms with Crippen molar-refractivity contribution in [2.75, 3.05) is 18.5 Å². The fourth-order valence-corrected chi connectivity index (χ4v) is 3.48. The molecule has 3 aromatic rings. The summed E-state index contributed by atoms with van der Waals surface area (Å²) in [6.45, 7) is 1.78. The molecule has 3 aromatic carbocycles. The second-order valence-corrected chi connectivity index (χ2v) is 8.08. The largest absolute Gasteiger partial charge is 0.490 e. The SMILES string of the molecule is CCOc1cc(/C=N/NC(=O)c2ccc(Cl)cc2)cc(Br)c1OCC(=O)Nc1ccccc1F.